The lowest BCUT2D eigenvalue weighted by Crippen LogP contribution is -2.27. The van der Waals surface area contributed by atoms with Gasteiger partial charge < -0.3 is 10.4 Å². The summed E-state index contributed by atoms with van der Waals surface area (Å²) in [5.41, 5.74) is 2.15. The third kappa shape index (κ3) is 3.57. The summed E-state index contributed by atoms with van der Waals surface area (Å²) in [5.74, 6) is -0.953. The smallest absolute Gasteiger partial charge is 0.308 e. The monoisotopic (exact) mass is 221 g/mol. The van der Waals surface area contributed by atoms with E-state index in [0.717, 1.165) is 5.69 Å². The molecule has 16 heavy (non-hydrogen) atoms. The molecule has 0 saturated heterocycles. The molecule has 1 atom stereocenters. The molecule has 0 saturated carbocycles. The van der Waals surface area contributed by atoms with Crippen molar-refractivity contribution in [3.05, 3.63) is 29.8 Å². The molecule has 2 N–H and O–H groups in total. The number of carboxylic acid groups (broad SMARTS) is 1. The van der Waals surface area contributed by atoms with Crippen molar-refractivity contribution in [1.82, 2.24) is 0 Å². The van der Waals surface area contributed by atoms with Crippen LogP contribution in [0.4, 0.5) is 5.69 Å². The molecule has 0 heterocycles. The molecule has 0 radical (unpaired) electrons. The Morgan fingerprint density at radius 2 is 2.12 bits per heavy atom. The highest BCUT2D eigenvalue weighted by atomic mass is 16.4. The van der Waals surface area contributed by atoms with Crippen LogP contribution in [0.15, 0.2) is 24.3 Å². The summed E-state index contributed by atoms with van der Waals surface area (Å²) >= 11 is 0. The largest absolute Gasteiger partial charge is 0.481 e. The van der Waals surface area contributed by atoms with Crippen molar-refractivity contribution in [2.24, 2.45) is 11.8 Å². The summed E-state index contributed by atoms with van der Waals surface area (Å²) < 4.78 is 0. The number of aliphatic carboxylic acids is 1. The van der Waals surface area contributed by atoms with Gasteiger partial charge >= 0.3 is 5.97 Å². The lowest BCUT2D eigenvalue weighted by molar-refractivity contribution is -0.142. The Bertz CT molecular complexity index is 361. The van der Waals surface area contributed by atoms with E-state index in [1.807, 2.05) is 45.0 Å². The lowest BCUT2D eigenvalue weighted by atomic mass is 9.96. The first kappa shape index (κ1) is 12.6. The zero-order valence-electron chi connectivity index (χ0n) is 10.0. The number of hydrogen-bond donors (Lipinski definition) is 2. The van der Waals surface area contributed by atoms with Crippen molar-refractivity contribution < 1.29 is 9.90 Å². The first-order chi connectivity index (χ1) is 7.50. The van der Waals surface area contributed by atoms with Gasteiger partial charge in [0.25, 0.3) is 0 Å². The Morgan fingerprint density at radius 3 is 2.62 bits per heavy atom. The highest BCUT2D eigenvalue weighted by Crippen LogP contribution is 2.14. The third-order valence-corrected chi connectivity index (χ3v) is 2.67. The highest BCUT2D eigenvalue weighted by Gasteiger charge is 2.20. The average molecular weight is 221 g/mol. The fraction of sp³-hybridized carbons (Fsp3) is 0.462. The van der Waals surface area contributed by atoms with Crippen LogP contribution in [0.3, 0.4) is 0 Å². The second kappa shape index (κ2) is 5.54. The van der Waals surface area contributed by atoms with Crippen molar-refractivity contribution in [3.8, 4) is 0 Å². The Hall–Kier alpha value is -1.51. The first-order valence-electron chi connectivity index (χ1n) is 5.54. The van der Waals surface area contributed by atoms with Gasteiger partial charge in [-0.25, -0.2) is 0 Å². The number of nitrogens with one attached hydrogen (secondary N) is 1. The molecule has 0 spiro atoms. The van der Waals surface area contributed by atoms with Crippen LogP contribution >= 0.6 is 0 Å². The second-order valence-corrected chi connectivity index (χ2v) is 4.44. The summed E-state index contributed by atoms with van der Waals surface area (Å²) in [6.45, 7) is 6.34. The third-order valence-electron chi connectivity index (χ3n) is 2.67. The van der Waals surface area contributed by atoms with Gasteiger partial charge in [-0.15, -0.1) is 0 Å². The zero-order valence-corrected chi connectivity index (χ0v) is 10.0. The van der Waals surface area contributed by atoms with Crippen LogP contribution in [-0.4, -0.2) is 17.6 Å². The van der Waals surface area contributed by atoms with Gasteiger partial charge in [-0.1, -0.05) is 26.0 Å². The predicted octanol–water partition coefficient (Wildman–Crippen LogP) is 2.76. The molecule has 0 bridgehead atoms. The molecule has 0 aliphatic rings. The molecule has 0 fully saturated rings. The van der Waals surface area contributed by atoms with E-state index in [2.05, 4.69) is 5.32 Å². The maximum atomic E-state index is 11.0. The summed E-state index contributed by atoms with van der Waals surface area (Å²) in [5, 5.41) is 12.2. The molecule has 3 heteroatoms. The molecule has 0 aliphatic carbocycles. The van der Waals surface area contributed by atoms with E-state index in [1.165, 1.54) is 5.56 Å². The van der Waals surface area contributed by atoms with Crippen LogP contribution in [0.5, 0.6) is 0 Å². The van der Waals surface area contributed by atoms with Crippen LogP contribution in [0.1, 0.15) is 19.4 Å². The second-order valence-electron chi connectivity index (χ2n) is 4.44. The van der Waals surface area contributed by atoms with Crippen molar-refractivity contribution in [3.63, 3.8) is 0 Å². The van der Waals surface area contributed by atoms with Crippen molar-refractivity contribution in [2.45, 2.75) is 20.8 Å². The van der Waals surface area contributed by atoms with E-state index in [-0.39, 0.29) is 11.8 Å². The Labute approximate surface area is 96.5 Å². The van der Waals surface area contributed by atoms with E-state index < -0.39 is 5.97 Å². The average Bonchev–Trinajstić information content (AvgIpc) is 2.16. The minimum absolute atomic E-state index is 0.134. The van der Waals surface area contributed by atoms with E-state index in [0.29, 0.717) is 6.54 Å². The van der Waals surface area contributed by atoms with Crippen LogP contribution in [0.2, 0.25) is 0 Å². The number of hydrogen-bond acceptors (Lipinski definition) is 2. The summed E-state index contributed by atoms with van der Waals surface area (Å²) in [4.78, 5) is 11.0. The van der Waals surface area contributed by atoms with Gasteiger partial charge in [0.15, 0.2) is 0 Å². The van der Waals surface area contributed by atoms with Gasteiger partial charge in [0, 0.05) is 12.2 Å². The number of benzene rings is 1. The van der Waals surface area contributed by atoms with Gasteiger partial charge in [0.05, 0.1) is 5.92 Å². The van der Waals surface area contributed by atoms with Gasteiger partial charge in [-0.2, -0.15) is 0 Å². The number of carboxylic acids is 1. The van der Waals surface area contributed by atoms with Crippen LogP contribution in [-0.2, 0) is 4.79 Å². The zero-order chi connectivity index (χ0) is 12.1. The molecule has 1 unspecified atom stereocenters. The quantitative estimate of drug-likeness (QED) is 0.803. The highest BCUT2D eigenvalue weighted by molar-refractivity contribution is 5.71. The number of aryl methyl sites for hydroxylation is 1. The molecular weight excluding hydrogens is 202 g/mol. The van der Waals surface area contributed by atoms with Crippen LogP contribution in [0.25, 0.3) is 0 Å². The summed E-state index contributed by atoms with van der Waals surface area (Å²) in [7, 11) is 0. The van der Waals surface area contributed by atoms with Crippen molar-refractivity contribution >= 4 is 11.7 Å². The molecule has 3 nitrogen and oxygen atoms in total. The molecular formula is C13H19NO2. The van der Waals surface area contributed by atoms with Crippen LogP contribution < -0.4 is 5.32 Å². The predicted molar refractivity (Wildman–Crippen MR) is 65.6 cm³/mol. The summed E-state index contributed by atoms with van der Waals surface area (Å²) in [6.07, 6.45) is 0. The fourth-order valence-corrected chi connectivity index (χ4v) is 1.59. The SMILES string of the molecule is Cc1cccc(NCC(C(=O)O)C(C)C)c1. The van der Waals surface area contributed by atoms with Gasteiger partial charge in [0.1, 0.15) is 0 Å². The first-order valence-corrected chi connectivity index (χ1v) is 5.54. The maximum absolute atomic E-state index is 11.0. The minimum atomic E-state index is -0.741. The molecule has 1 aromatic carbocycles. The summed E-state index contributed by atoms with van der Waals surface area (Å²) in [6, 6.07) is 7.94. The van der Waals surface area contributed by atoms with Crippen LogP contribution in [0, 0.1) is 18.8 Å². The van der Waals surface area contributed by atoms with Crippen molar-refractivity contribution in [2.75, 3.05) is 11.9 Å². The topological polar surface area (TPSA) is 49.3 Å². The minimum Gasteiger partial charge on any atom is -0.481 e. The van der Waals surface area contributed by atoms with E-state index in [9.17, 15) is 4.79 Å². The number of carbonyl (C=O) groups is 1. The van der Waals surface area contributed by atoms with E-state index >= 15 is 0 Å². The molecule has 0 aliphatic heterocycles. The molecule has 1 rings (SSSR count). The Balaban J connectivity index is 2.59. The molecule has 88 valence electrons. The standard InChI is InChI=1S/C13H19NO2/c1-9(2)12(13(15)16)8-14-11-6-4-5-10(3)7-11/h4-7,9,12,14H,8H2,1-3H3,(H,15,16). The molecule has 0 aromatic heterocycles. The Morgan fingerprint density at radius 1 is 1.44 bits per heavy atom. The lowest BCUT2D eigenvalue weighted by Gasteiger charge is -2.17. The fourth-order valence-electron chi connectivity index (χ4n) is 1.59. The number of rotatable bonds is 5. The Kier molecular flexibility index (Phi) is 4.35. The van der Waals surface area contributed by atoms with E-state index in [1.54, 1.807) is 0 Å². The maximum Gasteiger partial charge on any atom is 0.308 e. The van der Waals surface area contributed by atoms with Gasteiger partial charge in [0.2, 0.25) is 0 Å². The van der Waals surface area contributed by atoms with Gasteiger partial charge in [-0.05, 0) is 30.5 Å². The molecule has 0 amide bonds. The van der Waals surface area contributed by atoms with Crippen molar-refractivity contribution in [1.29, 1.82) is 0 Å². The number of anilines is 1. The molecule has 1 aromatic rings. The normalized spacial score (nSPS) is 12.5. The van der Waals surface area contributed by atoms with E-state index in [4.69, 9.17) is 5.11 Å². The van der Waals surface area contributed by atoms with Gasteiger partial charge in [-0.3, -0.25) is 4.79 Å².